The number of hydrogen-bond donors (Lipinski definition) is 1. The zero-order chi connectivity index (χ0) is 11.1. The molecule has 5 unspecified atom stereocenters. The first kappa shape index (κ1) is 11.0. The highest BCUT2D eigenvalue weighted by Gasteiger charge is 2.45. The van der Waals surface area contributed by atoms with Crippen molar-refractivity contribution in [2.45, 2.75) is 69.9 Å². The van der Waals surface area contributed by atoms with E-state index in [1.54, 1.807) is 0 Å². The lowest BCUT2D eigenvalue weighted by atomic mass is 9.91. The molecule has 3 saturated heterocycles. The van der Waals surface area contributed by atoms with Crippen LogP contribution in [0, 0.1) is 0 Å². The Morgan fingerprint density at radius 2 is 2.25 bits per heavy atom. The summed E-state index contributed by atoms with van der Waals surface area (Å²) >= 11 is 0. The first-order valence-electron chi connectivity index (χ1n) is 6.92. The second kappa shape index (κ2) is 4.28. The number of nitrogens with zero attached hydrogens (tertiary/aromatic N) is 1. The highest BCUT2D eigenvalue weighted by atomic mass is 16.5. The molecule has 1 N–H and O–H groups in total. The molecule has 3 nitrogen and oxygen atoms in total. The van der Waals surface area contributed by atoms with Crippen molar-refractivity contribution in [3.63, 3.8) is 0 Å². The monoisotopic (exact) mass is 224 g/mol. The van der Waals surface area contributed by atoms with E-state index >= 15 is 0 Å². The normalized spacial score (nSPS) is 48.8. The Labute approximate surface area is 98.5 Å². The molecule has 0 amide bonds. The number of rotatable bonds is 2. The van der Waals surface area contributed by atoms with Crippen LogP contribution in [0.15, 0.2) is 0 Å². The lowest BCUT2D eigenvalue weighted by Gasteiger charge is -2.44. The largest absolute Gasteiger partial charge is 0.373 e. The van der Waals surface area contributed by atoms with Crippen LogP contribution in [0.5, 0.6) is 0 Å². The number of hydrogen-bond acceptors (Lipinski definition) is 3. The van der Waals surface area contributed by atoms with Gasteiger partial charge in [0, 0.05) is 31.2 Å². The lowest BCUT2D eigenvalue weighted by molar-refractivity contribution is 0.0316. The van der Waals surface area contributed by atoms with Gasteiger partial charge in [-0.15, -0.1) is 0 Å². The molecule has 2 bridgehead atoms. The Morgan fingerprint density at radius 1 is 1.38 bits per heavy atom. The first-order chi connectivity index (χ1) is 7.78. The van der Waals surface area contributed by atoms with Crippen LogP contribution in [0.4, 0.5) is 0 Å². The SMILES string of the molecule is CCC1CNC(C)CN1C1CC2CCC1O2. The zero-order valence-corrected chi connectivity index (χ0v) is 10.5. The van der Waals surface area contributed by atoms with Crippen molar-refractivity contribution >= 4 is 0 Å². The van der Waals surface area contributed by atoms with Gasteiger partial charge in [0.05, 0.1) is 12.2 Å². The molecule has 92 valence electrons. The van der Waals surface area contributed by atoms with Crippen LogP contribution in [-0.2, 0) is 4.74 Å². The van der Waals surface area contributed by atoms with Crippen molar-refractivity contribution < 1.29 is 4.74 Å². The van der Waals surface area contributed by atoms with Gasteiger partial charge in [-0.1, -0.05) is 6.92 Å². The Bertz CT molecular complexity index is 258. The third-order valence-electron chi connectivity index (χ3n) is 4.63. The third-order valence-corrected chi connectivity index (χ3v) is 4.63. The predicted octanol–water partition coefficient (Wildman–Crippen LogP) is 1.38. The van der Waals surface area contributed by atoms with E-state index < -0.39 is 0 Å². The van der Waals surface area contributed by atoms with Crippen LogP contribution in [0.3, 0.4) is 0 Å². The topological polar surface area (TPSA) is 24.5 Å². The molecule has 0 radical (unpaired) electrons. The summed E-state index contributed by atoms with van der Waals surface area (Å²) in [5.41, 5.74) is 0. The maximum absolute atomic E-state index is 6.00. The molecule has 3 heterocycles. The summed E-state index contributed by atoms with van der Waals surface area (Å²) in [6.45, 7) is 6.97. The molecule has 3 rings (SSSR count). The van der Waals surface area contributed by atoms with Gasteiger partial charge in [-0.25, -0.2) is 0 Å². The highest BCUT2D eigenvalue weighted by molar-refractivity contribution is 4.99. The van der Waals surface area contributed by atoms with Gasteiger partial charge in [0.2, 0.25) is 0 Å². The molecule has 0 aliphatic carbocycles. The minimum atomic E-state index is 0.546. The average molecular weight is 224 g/mol. The Balaban J connectivity index is 1.71. The number of ether oxygens (including phenoxy) is 1. The second-order valence-electron chi connectivity index (χ2n) is 5.75. The fourth-order valence-electron chi connectivity index (χ4n) is 3.73. The molecule has 3 fully saturated rings. The van der Waals surface area contributed by atoms with Crippen molar-refractivity contribution in [1.82, 2.24) is 10.2 Å². The van der Waals surface area contributed by atoms with Crippen LogP contribution in [0.25, 0.3) is 0 Å². The maximum atomic E-state index is 6.00. The van der Waals surface area contributed by atoms with Crippen LogP contribution >= 0.6 is 0 Å². The fraction of sp³-hybridized carbons (Fsp3) is 1.00. The minimum absolute atomic E-state index is 0.546. The van der Waals surface area contributed by atoms with E-state index in [1.165, 1.54) is 32.2 Å². The van der Waals surface area contributed by atoms with E-state index in [0.29, 0.717) is 24.3 Å². The second-order valence-corrected chi connectivity index (χ2v) is 5.75. The average Bonchev–Trinajstić information content (AvgIpc) is 2.90. The highest BCUT2D eigenvalue weighted by Crippen LogP contribution is 2.38. The van der Waals surface area contributed by atoms with E-state index in [4.69, 9.17) is 4.74 Å². The van der Waals surface area contributed by atoms with Crippen molar-refractivity contribution in [2.24, 2.45) is 0 Å². The summed E-state index contributed by atoms with van der Waals surface area (Å²) in [6, 6.07) is 2.08. The van der Waals surface area contributed by atoms with Gasteiger partial charge in [-0.2, -0.15) is 0 Å². The van der Waals surface area contributed by atoms with Crippen LogP contribution in [0.1, 0.15) is 39.5 Å². The Hall–Kier alpha value is -0.120. The Kier molecular flexibility index (Phi) is 2.94. The molecule has 0 saturated carbocycles. The third kappa shape index (κ3) is 1.79. The van der Waals surface area contributed by atoms with Gasteiger partial charge in [-0.3, -0.25) is 4.90 Å². The summed E-state index contributed by atoms with van der Waals surface area (Å²) in [4.78, 5) is 2.74. The molecule has 3 heteroatoms. The summed E-state index contributed by atoms with van der Waals surface area (Å²) in [6.07, 6.45) is 6.27. The summed E-state index contributed by atoms with van der Waals surface area (Å²) in [7, 11) is 0. The molecule has 3 aliphatic heterocycles. The molecule has 3 aliphatic rings. The summed E-state index contributed by atoms with van der Waals surface area (Å²) in [5.74, 6) is 0. The molecule has 0 aromatic heterocycles. The van der Waals surface area contributed by atoms with E-state index in [2.05, 4.69) is 24.1 Å². The van der Waals surface area contributed by atoms with E-state index in [1.807, 2.05) is 0 Å². The van der Waals surface area contributed by atoms with Crippen molar-refractivity contribution in [2.75, 3.05) is 13.1 Å². The lowest BCUT2D eigenvalue weighted by Crippen LogP contribution is -2.60. The molecule has 0 aromatic carbocycles. The molecule has 5 atom stereocenters. The smallest absolute Gasteiger partial charge is 0.0736 e. The minimum Gasteiger partial charge on any atom is -0.373 e. The van der Waals surface area contributed by atoms with Gasteiger partial charge in [0.25, 0.3) is 0 Å². The number of piperazine rings is 1. The molecule has 0 spiro atoms. The fourth-order valence-corrected chi connectivity index (χ4v) is 3.73. The summed E-state index contributed by atoms with van der Waals surface area (Å²) < 4.78 is 6.00. The van der Waals surface area contributed by atoms with Gasteiger partial charge in [0.1, 0.15) is 0 Å². The van der Waals surface area contributed by atoms with Crippen molar-refractivity contribution in [3.05, 3.63) is 0 Å². The van der Waals surface area contributed by atoms with Gasteiger partial charge >= 0.3 is 0 Å². The molecular formula is C13H24N2O. The summed E-state index contributed by atoms with van der Waals surface area (Å²) in [5, 5.41) is 3.60. The predicted molar refractivity (Wildman–Crippen MR) is 64.5 cm³/mol. The molecular weight excluding hydrogens is 200 g/mol. The van der Waals surface area contributed by atoms with E-state index in [-0.39, 0.29) is 0 Å². The van der Waals surface area contributed by atoms with Crippen LogP contribution < -0.4 is 5.32 Å². The van der Waals surface area contributed by atoms with Crippen LogP contribution in [-0.4, -0.2) is 48.3 Å². The molecule has 0 aromatic rings. The van der Waals surface area contributed by atoms with Crippen molar-refractivity contribution in [1.29, 1.82) is 0 Å². The van der Waals surface area contributed by atoms with E-state index in [9.17, 15) is 0 Å². The van der Waals surface area contributed by atoms with Gasteiger partial charge in [-0.05, 0) is 32.6 Å². The Morgan fingerprint density at radius 3 is 2.88 bits per heavy atom. The van der Waals surface area contributed by atoms with Crippen molar-refractivity contribution in [3.8, 4) is 0 Å². The standard InChI is InChI=1S/C13H24N2O/c1-3-10-7-14-9(2)8-15(10)12-6-11-4-5-13(12)16-11/h9-14H,3-8H2,1-2H3. The van der Waals surface area contributed by atoms with Crippen LogP contribution in [0.2, 0.25) is 0 Å². The van der Waals surface area contributed by atoms with Gasteiger partial charge < -0.3 is 10.1 Å². The number of fused-ring (bicyclic) bond motifs is 2. The first-order valence-corrected chi connectivity index (χ1v) is 6.92. The zero-order valence-electron chi connectivity index (χ0n) is 10.5. The quantitative estimate of drug-likeness (QED) is 0.767. The van der Waals surface area contributed by atoms with Gasteiger partial charge in [0.15, 0.2) is 0 Å². The molecule has 16 heavy (non-hydrogen) atoms. The number of nitrogens with one attached hydrogen (secondary N) is 1. The maximum Gasteiger partial charge on any atom is 0.0736 e. The van der Waals surface area contributed by atoms with E-state index in [0.717, 1.165) is 12.6 Å².